The molecule has 5 nitrogen and oxygen atoms in total. The van der Waals surface area contributed by atoms with Gasteiger partial charge in [-0.1, -0.05) is 17.3 Å². The van der Waals surface area contributed by atoms with Crippen molar-refractivity contribution in [3.05, 3.63) is 96.2 Å². The summed E-state index contributed by atoms with van der Waals surface area (Å²) >= 11 is 0. The molecule has 0 saturated carbocycles. The van der Waals surface area contributed by atoms with Crippen LogP contribution < -0.4 is 5.32 Å². The number of rotatable bonds is 4. The molecule has 138 valence electrons. The third kappa shape index (κ3) is 3.50. The monoisotopic (exact) mass is 376 g/mol. The number of hydrogen-bond donors (Lipinski definition) is 1. The van der Waals surface area contributed by atoms with Crippen LogP contribution in [0.3, 0.4) is 0 Å². The lowest BCUT2D eigenvalue weighted by atomic mass is 10.1. The fourth-order valence-electron chi connectivity index (χ4n) is 2.75. The van der Waals surface area contributed by atoms with Gasteiger partial charge in [-0.25, -0.2) is 13.5 Å². The van der Waals surface area contributed by atoms with Crippen LogP contribution in [0.4, 0.5) is 14.5 Å². The van der Waals surface area contributed by atoms with Gasteiger partial charge in [-0.2, -0.15) is 0 Å². The molecular formula is C21H14F2N4O. The van der Waals surface area contributed by atoms with Crippen molar-refractivity contribution in [1.82, 2.24) is 15.0 Å². The van der Waals surface area contributed by atoms with Gasteiger partial charge in [-0.15, -0.1) is 5.10 Å². The summed E-state index contributed by atoms with van der Waals surface area (Å²) in [7, 11) is 0. The van der Waals surface area contributed by atoms with Gasteiger partial charge >= 0.3 is 0 Å². The van der Waals surface area contributed by atoms with Crippen molar-refractivity contribution in [2.75, 3.05) is 5.32 Å². The molecule has 0 saturated heterocycles. The molecule has 0 radical (unpaired) electrons. The highest BCUT2D eigenvalue weighted by Crippen LogP contribution is 2.22. The Hall–Kier alpha value is -3.87. The Labute approximate surface area is 159 Å². The molecule has 1 amide bonds. The molecule has 0 spiro atoms. The van der Waals surface area contributed by atoms with Crippen molar-refractivity contribution < 1.29 is 13.6 Å². The highest BCUT2D eigenvalue weighted by Gasteiger charge is 2.12. The average molecular weight is 376 g/mol. The summed E-state index contributed by atoms with van der Waals surface area (Å²) in [6, 6.07) is 18.6. The van der Waals surface area contributed by atoms with E-state index in [1.54, 1.807) is 59.4 Å². The minimum Gasteiger partial charge on any atom is -0.319 e. The molecule has 3 aromatic carbocycles. The van der Waals surface area contributed by atoms with Crippen molar-refractivity contribution in [2.24, 2.45) is 0 Å². The zero-order valence-electron chi connectivity index (χ0n) is 14.5. The van der Waals surface area contributed by atoms with Crippen LogP contribution in [0.1, 0.15) is 10.4 Å². The lowest BCUT2D eigenvalue weighted by molar-refractivity contribution is 0.102. The van der Waals surface area contributed by atoms with E-state index in [0.717, 1.165) is 5.56 Å². The average Bonchev–Trinajstić information content (AvgIpc) is 3.20. The van der Waals surface area contributed by atoms with Gasteiger partial charge in [0.05, 0.1) is 23.3 Å². The number of anilines is 1. The largest absolute Gasteiger partial charge is 0.319 e. The van der Waals surface area contributed by atoms with Crippen LogP contribution in [-0.4, -0.2) is 20.9 Å². The molecule has 0 aliphatic rings. The molecule has 0 bridgehead atoms. The van der Waals surface area contributed by atoms with Crippen LogP contribution in [-0.2, 0) is 0 Å². The molecule has 0 aliphatic carbocycles. The predicted molar refractivity (Wildman–Crippen MR) is 101 cm³/mol. The Balaban J connectivity index is 1.58. The number of carbonyl (C=O) groups excluding carboxylic acids is 1. The molecule has 0 aliphatic heterocycles. The number of halogens is 2. The topological polar surface area (TPSA) is 59.8 Å². The molecule has 1 heterocycles. The fraction of sp³-hybridized carbons (Fsp3) is 0. The molecule has 7 heteroatoms. The Morgan fingerprint density at radius 1 is 0.893 bits per heavy atom. The second kappa shape index (κ2) is 7.40. The van der Waals surface area contributed by atoms with Gasteiger partial charge in [0.2, 0.25) is 0 Å². The Morgan fingerprint density at radius 2 is 1.61 bits per heavy atom. The van der Waals surface area contributed by atoms with Crippen LogP contribution in [0, 0.1) is 11.6 Å². The minimum absolute atomic E-state index is 0.117. The first kappa shape index (κ1) is 17.5. The molecule has 4 rings (SSSR count). The van der Waals surface area contributed by atoms with E-state index < -0.39 is 11.7 Å². The molecule has 0 unspecified atom stereocenters. The standard InChI is InChI=1S/C21H14F2N4O/c22-16-9-5-14(6-10-16)20-13-24-26-27(20)17-11-7-15(8-12-17)21(28)25-19-4-2-1-3-18(19)23/h1-13H,(H,25,28). The first-order valence-electron chi connectivity index (χ1n) is 8.45. The first-order valence-corrected chi connectivity index (χ1v) is 8.45. The predicted octanol–water partition coefficient (Wildman–Crippen LogP) is 4.46. The van der Waals surface area contributed by atoms with Gasteiger partial charge in [-0.05, 0) is 60.7 Å². The summed E-state index contributed by atoms with van der Waals surface area (Å²) in [4.78, 5) is 12.3. The van der Waals surface area contributed by atoms with Gasteiger partial charge in [0, 0.05) is 11.1 Å². The maximum Gasteiger partial charge on any atom is 0.255 e. The molecule has 1 aromatic heterocycles. The number of carbonyl (C=O) groups is 1. The number of nitrogens with one attached hydrogen (secondary N) is 1. The summed E-state index contributed by atoms with van der Waals surface area (Å²) in [5.74, 6) is -1.25. The van der Waals surface area contributed by atoms with Crippen molar-refractivity contribution in [1.29, 1.82) is 0 Å². The minimum atomic E-state index is -0.501. The van der Waals surface area contributed by atoms with E-state index in [9.17, 15) is 13.6 Å². The van der Waals surface area contributed by atoms with Crippen LogP contribution in [0.5, 0.6) is 0 Å². The van der Waals surface area contributed by atoms with Crippen LogP contribution in [0.15, 0.2) is 79.0 Å². The maximum absolute atomic E-state index is 13.7. The van der Waals surface area contributed by atoms with Crippen molar-refractivity contribution in [3.63, 3.8) is 0 Å². The molecule has 0 fully saturated rings. The summed E-state index contributed by atoms with van der Waals surface area (Å²) in [5.41, 5.74) is 2.61. The molecule has 28 heavy (non-hydrogen) atoms. The summed E-state index contributed by atoms with van der Waals surface area (Å²) in [5, 5.41) is 10.5. The highest BCUT2D eigenvalue weighted by molar-refractivity contribution is 6.04. The van der Waals surface area contributed by atoms with Gasteiger partial charge in [0.1, 0.15) is 11.6 Å². The van der Waals surface area contributed by atoms with E-state index >= 15 is 0 Å². The van der Waals surface area contributed by atoms with E-state index in [-0.39, 0.29) is 11.5 Å². The van der Waals surface area contributed by atoms with E-state index in [1.165, 1.54) is 24.3 Å². The van der Waals surface area contributed by atoms with Gasteiger partial charge < -0.3 is 5.32 Å². The number of amides is 1. The zero-order chi connectivity index (χ0) is 19.5. The van der Waals surface area contributed by atoms with Gasteiger partial charge in [-0.3, -0.25) is 4.79 Å². The third-order valence-corrected chi connectivity index (χ3v) is 4.19. The number of nitrogens with zero attached hydrogens (tertiary/aromatic N) is 3. The quantitative estimate of drug-likeness (QED) is 0.572. The number of para-hydroxylation sites is 1. The summed E-state index contributed by atoms with van der Waals surface area (Å²) in [6.45, 7) is 0. The molecule has 4 aromatic rings. The fourth-order valence-corrected chi connectivity index (χ4v) is 2.75. The second-order valence-electron chi connectivity index (χ2n) is 6.02. The number of benzene rings is 3. The van der Waals surface area contributed by atoms with Crippen LogP contribution in [0.2, 0.25) is 0 Å². The summed E-state index contributed by atoms with van der Waals surface area (Å²) < 4.78 is 28.4. The first-order chi connectivity index (χ1) is 13.6. The van der Waals surface area contributed by atoms with E-state index in [2.05, 4.69) is 15.6 Å². The SMILES string of the molecule is O=C(Nc1ccccc1F)c1ccc(-n2nncc2-c2ccc(F)cc2)cc1. The molecular weight excluding hydrogens is 362 g/mol. The lowest BCUT2D eigenvalue weighted by Gasteiger charge is -2.09. The van der Waals surface area contributed by atoms with Crippen LogP contribution >= 0.6 is 0 Å². The van der Waals surface area contributed by atoms with Crippen molar-refractivity contribution >= 4 is 11.6 Å². The van der Waals surface area contributed by atoms with Gasteiger partial charge in [0.15, 0.2) is 0 Å². The Bertz CT molecular complexity index is 1120. The molecule has 0 atom stereocenters. The van der Waals surface area contributed by atoms with E-state index in [0.29, 0.717) is 16.9 Å². The van der Waals surface area contributed by atoms with E-state index in [4.69, 9.17) is 0 Å². The summed E-state index contributed by atoms with van der Waals surface area (Å²) in [6.07, 6.45) is 1.58. The van der Waals surface area contributed by atoms with E-state index in [1.807, 2.05) is 0 Å². The highest BCUT2D eigenvalue weighted by atomic mass is 19.1. The number of hydrogen-bond acceptors (Lipinski definition) is 3. The smallest absolute Gasteiger partial charge is 0.255 e. The lowest BCUT2D eigenvalue weighted by Crippen LogP contribution is -2.13. The zero-order valence-corrected chi connectivity index (χ0v) is 14.5. The van der Waals surface area contributed by atoms with Gasteiger partial charge in [0.25, 0.3) is 5.91 Å². The normalized spacial score (nSPS) is 10.6. The Kier molecular flexibility index (Phi) is 4.63. The van der Waals surface area contributed by atoms with Crippen molar-refractivity contribution in [2.45, 2.75) is 0 Å². The third-order valence-electron chi connectivity index (χ3n) is 4.19. The molecule has 1 N–H and O–H groups in total. The number of aromatic nitrogens is 3. The maximum atomic E-state index is 13.7. The van der Waals surface area contributed by atoms with Crippen LogP contribution in [0.25, 0.3) is 16.9 Å². The van der Waals surface area contributed by atoms with Crippen molar-refractivity contribution in [3.8, 4) is 16.9 Å². The Morgan fingerprint density at radius 3 is 2.32 bits per heavy atom. The second-order valence-corrected chi connectivity index (χ2v) is 6.02.